The molecule has 5 aromatic rings. The molecule has 1 fully saturated rings. The SMILES string of the molecule is Cc1cc2cccc(Oc3ccc(C(=O)c4c[nH]c5ncnc(N[C@@H]6CC[C@@H](CO)OC6)c45)c(Cl)c3)c2o1. The Labute approximate surface area is 222 Å². The molecule has 0 spiro atoms. The van der Waals surface area contributed by atoms with Crippen LogP contribution in [0.15, 0.2) is 59.4 Å². The van der Waals surface area contributed by atoms with Crippen molar-refractivity contribution >= 4 is 45.2 Å². The molecule has 0 bridgehead atoms. The second-order valence-electron chi connectivity index (χ2n) is 9.31. The molecule has 0 radical (unpaired) electrons. The highest BCUT2D eigenvalue weighted by atomic mass is 35.5. The molecule has 3 N–H and O–H groups in total. The second kappa shape index (κ2) is 10.1. The van der Waals surface area contributed by atoms with E-state index in [1.165, 1.54) is 6.33 Å². The number of aryl methyl sites for hydroxylation is 1. The van der Waals surface area contributed by atoms with Crippen LogP contribution in [-0.2, 0) is 4.74 Å². The molecule has 2 atom stereocenters. The zero-order valence-electron chi connectivity index (χ0n) is 20.5. The van der Waals surface area contributed by atoms with Crippen LogP contribution in [0, 0.1) is 6.92 Å². The third-order valence-corrected chi connectivity index (χ3v) is 6.99. The molecule has 0 unspecified atom stereocenters. The summed E-state index contributed by atoms with van der Waals surface area (Å²) in [4.78, 5) is 25.4. The quantitative estimate of drug-likeness (QED) is 0.230. The van der Waals surface area contributed by atoms with E-state index in [1.54, 1.807) is 24.4 Å². The highest BCUT2D eigenvalue weighted by Crippen LogP contribution is 2.35. The van der Waals surface area contributed by atoms with E-state index in [9.17, 15) is 9.90 Å². The number of rotatable bonds is 7. The average Bonchev–Trinajstić information content (AvgIpc) is 3.53. The first-order valence-electron chi connectivity index (χ1n) is 12.3. The minimum absolute atomic E-state index is 0.00354. The number of carbonyl (C=O) groups excluding carboxylic acids is 1. The topological polar surface area (TPSA) is 123 Å². The number of hydrogen-bond acceptors (Lipinski definition) is 8. The summed E-state index contributed by atoms with van der Waals surface area (Å²) in [6.45, 7) is 2.32. The van der Waals surface area contributed by atoms with Gasteiger partial charge >= 0.3 is 0 Å². The molecule has 9 nitrogen and oxygen atoms in total. The van der Waals surface area contributed by atoms with Gasteiger partial charge in [-0.2, -0.15) is 0 Å². The van der Waals surface area contributed by atoms with Crippen LogP contribution in [-0.4, -0.2) is 51.2 Å². The minimum Gasteiger partial charge on any atom is -0.457 e. The van der Waals surface area contributed by atoms with Gasteiger partial charge in [0, 0.05) is 23.2 Å². The number of furan rings is 1. The molecule has 6 rings (SSSR count). The Morgan fingerprint density at radius 1 is 1.21 bits per heavy atom. The highest BCUT2D eigenvalue weighted by Gasteiger charge is 2.25. The van der Waals surface area contributed by atoms with Gasteiger partial charge in [0.25, 0.3) is 0 Å². The van der Waals surface area contributed by atoms with Crippen LogP contribution < -0.4 is 10.1 Å². The molecule has 2 aromatic carbocycles. The number of carbonyl (C=O) groups is 1. The monoisotopic (exact) mass is 532 g/mol. The number of fused-ring (bicyclic) bond motifs is 2. The first kappa shape index (κ1) is 24.4. The van der Waals surface area contributed by atoms with Gasteiger partial charge in [0.1, 0.15) is 29.3 Å². The summed E-state index contributed by atoms with van der Waals surface area (Å²) in [6.07, 6.45) is 4.46. The molecule has 1 aliphatic rings. The summed E-state index contributed by atoms with van der Waals surface area (Å²) >= 11 is 6.59. The van der Waals surface area contributed by atoms with Crippen molar-refractivity contribution in [1.82, 2.24) is 15.0 Å². The fraction of sp³-hybridized carbons (Fsp3) is 0.250. The van der Waals surface area contributed by atoms with Crippen LogP contribution >= 0.6 is 11.6 Å². The van der Waals surface area contributed by atoms with E-state index in [-0.39, 0.29) is 29.6 Å². The van der Waals surface area contributed by atoms with Crippen LogP contribution in [0.1, 0.15) is 34.5 Å². The predicted octanol–water partition coefficient (Wildman–Crippen LogP) is 5.64. The van der Waals surface area contributed by atoms with E-state index in [0.717, 1.165) is 24.0 Å². The number of H-pyrrole nitrogens is 1. The summed E-state index contributed by atoms with van der Waals surface area (Å²) in [5.74, 6) is 2.10. The van der Waals surface area contributed by atoms with Gasteiger partial charge in [-0.25, -0.2) is 9.97 Å². The van der Waals surface area contributed by atoms with E-state index in [0.29, 0.717) is 51.7 Å². The van der Waals surface area contributed by atoms with E-state index >= 15 is 0 Å². The van der Waals surface area contributed by atoms with Crippen molar-refractivity contribution < 1.29 is 23.8 Å². The Balaban J connectivity index is 1.26. The summed E-state index contributed by atoms with van der Waals surface area (Å²) in [6, 6.07) is 12.6. The summed E-state index contributed by atoms with van der Waals surface area (Å²) in [5, 5.41) is 14.5. The molecule has 0 amide bonds. The third kappa shape index (κ3) is 4.60. The number of nitrogens with zero attached hydrogens (tertiary/aromatic N) is 2. The van der Waals surface area contributed by atoms with Crippen molar-refractivity contribution in [3.63, 3.8) is 0 Å². The van der Waals surface area contributed by atoms with Gasteiger partial charge in [0.2, 0.25) is 0 Å². The van der Waals surface area contributed by atoms with Gasteiger partial charge < -0.3 is 29.3 Å². The number of nitrogens with one attached hydrogen (secondary N) is 2. The van der Waals surface area contributed by atoms with Crippen molar-refractivity contribution in [1.29, 1.82) is 0 Å². The van der Waals surface area contributed by atoms with Crippen LogP contribution in [0.4, 0.5) is 5.82 Å². The average molecular weight is 533 g/mol. The summed E-state index contributed by atoms with van der Waals surface area (Å²) < 4.78 is 17.5. The first-order chi connectivity index (χ1) is 18.5. The number of halogens is 1. The van der Waals surface area contributed by atoms with Crippen molar-refractivity contribution in [3.8, 4) is 11.5 Å². The number of aliphatic hydroxyl groups is 1. The van der Waals surface area contributed by atoms with Crippen molar-refractivity contribution in [2.45, 2.75) is 31.9 Å². The standard InChI is InChI=1S/C28H25ClN4O5/c1-15-9-16-3-2-4-23(26(16)37-15)38-18-7-8-20(22(29)10-18)25(35)21-11-30-27-24(21)28(32-14-31-27)33-17-5-6-19(12-34)36-13-17/h2-4,7-11,14,17,19,34H,5-6,12-13H2,1H3,(H2,30,31,32,33)/t17-,19+/m1/s1. The molecule has 10 heteroatoms. The van der Waals surface area contributed by atoms with Gasteiger partial charge in [0.15, 0.2) is 17.1 Å². The number of hydrogen-bond donors (Lipinski definition) is 3. The molecule has 0 saturated carbocycles. The number of ketones is 1. The molecule has 0 aliphatic carbocycles. The van der Waals surface area contributed by atoms with E-state index in [1.807, 2.05) is 31.2 Å². The highest BCUT2D eigenvalue weighted by molar-refractivity contribution is 6.35. The number of anilines is 1. The lowest BCUT2D eigenvalue weighted by atomic mass is 10.0. The maximum atomic E-state index is 13.6. The van der Waals surface area contributed by atoms with Crippen LogP contribution in [0.25, 0.3) is 22.0 Å². The predicted molar refractivity (Wildman–Crippen MR) is 143 cm³/mol. The Morgan fingerprint density at radius 2 is 2.11 bits per heavy atom. The van der Waals surface area contributed by atoms with Crippen molar-refractivity contribution in [2.24, 2.45) is 0 Å². The molecule has 194 valence electrons. The largest absolute Gasteiger partial charge is 0.457 e. The maximum absolute atomic E-state index is 13.6. The van der Waals surface area contributed by atoms with Gasteiger partial charge in [-0.05, 0) is 44.0 Å². The smallest absolute Gasteiger partial charge is 0.196 e. The number of ether oxygens (including phenoxy) is 2. The fourth-order valence-electron chi connectivity index (χ4n) is 4.77. The van der Waals surface area contributed by atoms with E-state index < -0.39 is 0 Å². The molecular weight excluding hydrogens is 508 g/mol. The van der Waals surface area contributed by atoms with E-state index in [4.69, 9.17) is 25.5 Å². The third-order valence-electron chi connectivity index (χ3n) is 6.67. The Kier molecular flexibility index (Phi) is 6.49. The van der Waals surface area contributed by atoms with E-state index in [2.05, 4.69) is 20.3 Å². The van der Waals surface area contributed by atoms with Gasteiger partial charge in [0.05, 0.1) is 41.3 Å². The fourth-order valence-corrected chi connectivity index (χ4v) is 5.03. The minimum atomic E-state index is -0.269. The number of aliphatic hydroxyl groups excluding tert-OH is 1. The maximum Gasteiger partial charge on any atom is 0.196 e. The normalized spacial score (nSPS) is 17.7. The van der Waals surface area contributed by atoms with Gasteiger partial charge in [-0.1, -0.05) is 23.7 Å². The number of aromatic nitrogens is 3. The zero-order valence-corrected chi connectivity index (χ0v) is 21.3. The molecule has 1 saturated heterocycles. The number of para-hydroxylation sites is 1. The second-order valence-corrected chi connectivity index (χ2v) is 9.72. The molecule has 4 heterocycles. The van der Waals surface area contributed by atoms with Crippen molar-refractivity contribution in [2.75, 3.05) is 18.5 Å². The van der Waals surface area contributed by atoms with Crippen LogP contribution in [0.3, 0.4) is 0 Å². The Morgan fingerprint density at radius 3 is 2.89 bits per heavy atom. The van der Waals surface area contributed by atoms with Crippen LogP contribution in [0.5, 0.6) is 11.5 Å². The molecule has 3 aromatic heterocycles. The lowest BCUT2D eigenvalue weighted by Gasteiger charge is -2.29. The molecular formula is C28H25ClN4O5. The Hall–Kier alpha value is -3.92. The molecule has 38 heavy (non-hydrogen) atoms. The molecule has 1 aliphatic heterocycles. The zero-order chi connectivity index (χ0) is 26.2. The lowest BCUT2D eigenvalue weighted by Crippen LogP contribution is -2.36. The van der Waals surface area contributed by atoms with Gasteiger partial charge in [-0.15, -0.1) is 0 Å². The summed E-state index contributed by atoms with van der Waals surface area (Å²) in [7, 11) is 0. The first-order valence-corrected chi connectivity index (χ1v) is 12.7. The lowest BCUT2D eigenvalue weighted by molar-refractivity contribution is -0.0224. The van der Waals surface area contributed by atoms with Crippen molar-refractivity contribution in [3.05, 3.63) is 76.9 Å². The van der Waals surface area contributed by atoms with Crippen LogP contribution in [0.2, 0.25) is 5.02 Å². The Bertz CT molecular complexity index is 1640. The summed E-state index contributed by atoms with van der Waals surface area (Å²) in [5.41, 5.74) is 1.91. The van der Waals surface area contributed by atoms with Gasteiger partial charge in [-0.3, -0.25) is 4.79 Å². The number of benzene rings is 2. The number of aromatic amines is 1.